The molecule has 2 aliphatic heterocycles. The first-order chi connectivity index (χ1) is 13.1. The summed E-state index contributed by atoms with van der Waals surface area (Å²) in [6.07, 6.45) is 2.26. The Bertz CT molecular complexity index is 810. The van der Waals surface area contributed by atoms with Gasteiger partial charge >= 0.3 is 0 Å². The van der Waals surface area contributed by atoms with Gasteiger partial charge in [-0.1, -0.05) is 36.5 Å². The summed E-state index contributed by atoms with van der Waals surface area (Å²) in [6, 6.07) is 9.46. The van der Waals surface area contributed by atoms with E-state index in [4.69, 9.17) is 12.2 Å². The Kier molecular flexibility index (Phi) is 5.31. The lowest BCUT2D eigenvalue weighted by Gasteiger charge is -2.26. The van der Waals surface area contributed by atoms with E-state index < -0.39 is 18.0 Å². The Morgan fingerprint density at radius 1 is 1.30 bits per heavy atom. The van der Waals surface area contributed by atoms with Crippen LogP contribution in [-0.2, 0) is 22.4 Å². The Labute approximate surface area is 168 Å². The Morgan fingerprint density at radius 3 is 2.67 bits per heavy atom. The van der Waals surface area contributed by atoms with Crippen LogP contribution in [0.5, 0.6) is 0 Å². The second-order valence-corrected chi connectivity index (χ2v) is 8.99. The Hall–Kier alpha value is -1.75. The van der Waals surface area contributed by atoms with Gasteiger partial charge in [-0.3, -0.25) is 9.59 Å². The summed E-state index contributed by atoms with van der Waals surface area (Å²) >= 11 is 7.00. The molecule has 1 amide bonds. The normalized spacial score (nSPS) is 27.6. The van der Waals surface area contributed by atoms with E-state index >= 15 is 0 Å². The average Bonchev–Trinajstić information content (AvgIpc) is 3.37. The quantitative estimate of drug-likeness (QED) is 0.778. The van der Waals surface area contributed by atoms with Gasteiger partial charge in [0.2, 0.25) is 5.91 Å². The van der Waals surface area contributed by atoms with Gasteiger partial charge in [-0.2, -0.15) is 5.26 Å². The highest BCUT2D eigenvalue weighted by molar-refractivity contribution is 7.99. The van der Waals surface area contributed by atoms with Crippen molar-refractivity contribution in [2.24, 2.45) is 11.8 Å². The van der Waals surface area contributed by atoms with E-state index in [9.17, 15) is 14.9 Å². The number of carbonyl (C=O) groups is 2. The van der Waals surface area contributed by atoms with Crippen LogP contribution in [0.2, 0.25) is 0 Å². The molecule has 5 nitrogen and oxygen atoms in total. The summed E-state index contributed by atoms with van der Waals surface area (Å²) in [5.41, 5.74) is 2.64. The predicted molar refractivity (Wildman–Crippen MR) is 108 cm³/mol. The molecule has 1 aromatic rings. The monoisotopic (exact) mass is 399 g/mol. The number of amides is 1. The second-order valence-electron chi connectivity index (χ2n) is 7.47. The molecule has 2 fully saturated rings. The topological polar surface area (TPSA) is 73.2 Å². The largest absolute Gasteiger partial charge is 0.315 e. The third-order valence-corrected chi connectivity index (χ3v) is 7.14. The van der Waals surface area contributed by atoms with Crippen LogP contribution in [0.25, 0.3) is 0 Å². The summed E-state index contributed by atoms with van der Waals surface area (Å²) in [5.74, 6) is 0.740. The minimum Gasteiger partial charge on any atom is -0.315 e. The lowest BCUT2D eigenvalue weighted by Crippen LogP contribution is -2.50. The van der Waals surface area contributed by atoms with Gasteiger partial charge in [0.15, 0.2) is 0 Å². The number of rotatable bonds is 4. The van der Waals surface area contributed by atoms with E-state index in [1.54, 1.807) is 16.7 Å². The fourth-order valence-electron chi connectivity index (χ4n) is 4.37. The van der Waals surface area contributed by atoms with Gasteiger partial charge in [0.05, 0.1) is 17.9 Å². The van der Waals surface area contributed by atoms with Gasteiger partial charge < -0.3 is 10.2 Å². The molecule has 0 bridgehead atoms. The molecule has 0 radical (unpaired) electrons. The molecule has 0 saturated carbocycles. The Morgan fingerprint density at radius 2 is 2.00 bits per heavy atom. The van der Waals surface area contributed by atoms with Crippen molar-refractivity contribution in [1.29, 1.82) is 5.26 Å². The molecule has 4 rings (SSSR count). The third-order valence-electron chi connectivity index (χ3n) is 5.73. The molecule has 1 N–H and O–H groups in total. The molecular weight excluding hydrogens is 378 g/mol. The second kappa shape index (κ2) is 7.70. The molecule has 27 heavy (non-hydrogen) atoms. The van der Waals surface area contributed by atoms with Crippen LogP contribution >= 0.6 is 24.0 Å². The van der Waals surface area contributed by atoms with E-state index in [1.807, 2.05) is 12.1 Å². The number of Topliss-reactive ketones (excluding diaryl/α,β-unsaturated/α-hetero) is 1. The average molecular weight is 400 g/mol. The smallest absolute Gasteiger partial charge is 0.242 e. The third kappa shape index (κ3) is 3.54. The molecule has 1 aromatic carbocycles. The van der Waals surface area contributed by atoms with E-state index in [1.165, 1.54) is 11.1 Å². The minimum atomic E-state index is -0.622. The fraction of sp³-hybridized carbons (Fsp3) is 0.500. The van der Waals surface area contributed by atoms with E-state index in [-0.39, 0.29) is 17.6 Å². The molecule has 3 atom stereocenters. The highest BCUT2D eigenvalue weighted by Gasteiger charge is 2.45. The summed E-state index contributed by atoms with van der Waals surface area (Å²) in [6.45, 7) is 0.408. The first-order valence-corrected chi connectivity index (χ1v) is 10.8. The van der Waals surface area contributed by atoms with Crippen molar-refractivity contribution in [2.75, 3.05) is 18.2 Å². The van der Waals surface area contributed by atoms with Crippen LogP contribution in [0.4, 0.5) is 0 Å². The van der Waals surface area contributed by atoms with E-state index in [2.05, 4.69) is 23.5 Å². The summed E-state index contributed by atoms with van der Waals surface area (Å²) in [5, 5.41) is 12.4. The molecule has 3 aliphatic rings. The van der Waals surface area contributed by atoms with Gasteiger partial charge in [-0.15, -0.1) is 11.8 Å². The lowest BCUT2D eigenvalue weighted by molar-refractivity contribution is -0.136. The molecule has 140 valence electrons. The number of thioether (sulfide) groups is 1. The molecule has 1 unspecified atom stereocenters. The van der Waals surface area contributed by atoms with Crippen molar-refractivity contribution >= 4 is 40.5 Å². The van der Waals surface area contributed by atoms with Crippen LogP contribution in [0.1, 0.15) is 17.5 Å². The van der Waals surface area contributed by atoms with Crippen LogP contribution in [0.15, 0.2) is 24.3 Å². The van der Waals surface area contributed by atoms with Crippen molar-refractivity contribution < 1.29 is 9.59 Å². The van der Waals surface area contributed by atoms with E-state index in [0.717, 1.165) is 12.8 Å². The highest BCUT2D eigenvalue weighted by Crippen LogP contribution is 2.31. The SMILES string of the molecule is N#C[C@@H]1CSCN1C(=O)[C@H]1NCC(=S)C1C(=O)CC1Cc2ccccc2C1. The number of nitriles is 1. The first-order valence-electron chi connectivity index (χ1n) is 9.22. The van der Waals surface area contributed by atoms with Crippen molar-refractivity contribution in [2.45, 2.75) is 31.3 Å². The number of hydrogen-bond acceptors (Lipinski definition) is 6. The number of benzene rings is 1. The molecule has 0 aromatic heterocycles. The predicted octanol–water partition coefficient (Wildman–Crippen LogP) is 1.74. The first kappa shape index (κ1) is 18.6. The number of fused-ring (bicyclic) bond motifs is 1. The number of hydrogen-bond donors (Lipinski definition) is 1. The molecule has 0 spiro atoms. The molecule has 2 saturated heterocycles. The maximum absolute atomic E-state index is 13.1. The Balaban J connectivity index is 1.45. The molecule has 1 aliphatic carbocycles. The van der Waals surface area contributed by atoms with Crippen molar-refractivity contribution in [1.82, 2.24) is 10.2 Å². The van der Waals surface area contributed by atoms with Gasteiger partial charge in [0, 0.05) is 23.6 Å². The van der Waals surface area contributed by atoms with Gasteiger partial charge in [-0.05, 0) is 29.9 Å². The molecule has 2 heterocycles. The van der Waals surface area contributed by atoms with E-state index in [0.29, 0.717) is 29.5 Å². The fourth-order valence-corrected chi connectivity index (χ4v) is 5.81. The maximum atomic E-state index is 13.1. The zero-order valence-electron chi connectivity index (χ0n) is 14.9. The van der Waals surface area contributed by atoms with Gasteiger partial charge in [0.25, 0.3) is 0 Å². The maximum Gasteiger partial charge on any atom is 0.242 e. The van der Waals surface area contributed by atoms with Crippen molar-refractivity contribution in [3.05, 3.63) is 35.4 Å². The number of ketones is 1. The van der Waals surface area contributed by atoms with Crippen molar-refractivity contribution in [3.8, 4) is 6.07 Å². The van der Waals surface area contributed by atoms with Crippen LogP contribution in [0, 0.1) is 23.2 Å². The summed E-state index contributed by atoms with van der Waals surface area (Å²) in [7, 11) is 0. The standard InChI is InChI=1S/C20H21N3O2S2/c21-8-15-10-27-11-23(15)20(25)19-18(17(26)9-22-19)16(24)7-12-5-13-3-1-2-4-14(13)6-12/h1-4,12,15,18-19,22H,5-7,9-11H2/t15-,18?,19+/m1/s1. The highest BCUT2D eigenvalue weighted by atomic mass is 32.2. The summed E-state index contributed by atoms with van der Waals surface area (Å²) < 4.78 is 0. The molecule has 7 heteroatoms. The zero-order valence-corrected chi connectivity index (χ0v) is 16.5. The van der Waals surface area contributed by atoms with Crippen molar-refractivity contribution in [3.63, 3.8) is 0 Å². The van der Waals surface area contributed by atoms with Gasteiger partial charge in [0.1, 0.15) is 17.9 Å². The van der Waals surface area contributed by atoms with Crippen LogP contribution < -0.4 is 5.32 Å². The number of carbonyl (C=O) groups excluding carboxylic acids is 2. The molecular formula is C20H21N3O2S2. The number of thiocarbonyl (C=S) groups is 1. The number of nitrogens with one attached hydrogen (secondary N) is 1. The minimum absolute atomic E-state index is 0.0570. The summed E-state index contributed by atoms with van der Waals surface area (Å²) in [4.78, 5) is 28.3. The van der Waals surface area contributed by atoms with Crippen LogP contribution in [-0.4, -0.2) is 51.7 Å². The lowest BCUT2D eigenvalue weighted by atomic mass is 9.87. The van der Waals surface area contributed by atoms with Gasteiger partial charge in [-0.25, -0.2) is 0 Å². The van der Waals surface area contributed by atoms with Crippen LogP contribution in [0.3, 0.4) is 0 Å². The number of nitrogens with zero attached hydrogens (tertiary/aromatic N) is 2. The zero-order chi connectivity index (χ0) is 19.0.